The maximum atomic E-state index is 12.4. The molecule has 0 saturated carbocycles. The van der Waals surface area contributed by atoms with Crippen LogP contribution in [0.15, 0.2) is 41.3 Å². The number of anilines is 1. The van der Waals surface area contributed by atoms with Crippen LogP contribution in [0.4, 0.5) is 5.13 Å². The number of thiazole rings is 1. The second-order valence-corrected chi connectivity index (χ2v) is 9.77. The molecule has 8 heteroatoms. The molecule has 1 N–H and O–H groups in total. The lowest BCUT2D eigenvalue weighted by atomic mass is 10.0. The van der Waals surface area contributed by atoms with Crippen LogP contribution in [0.3, 0.4) is 0 Å². The zero-order valence-corrected chi connectivity index (χ0v) is 17.2. The fourth-order valence-electron chi connectivity index (χ4n) is 2.71. The maximum absolute atomic E-state index is 12.4. The third kappa shape index (κ3) is 4.18. The first-order valence-electron chi connectivity index (χ1n) is 8.36. The number of rotatable bonds is 5. The molecule has 0 aliphatic heterocycles. The van der Waals surface area contributed by atoms with Gasteiger partial charge in [-0.25, -0.2) is 17.7 Å². The summed E-state index contributed by atoms with van der Waals surface area (Å²) in [6.07, 6.45) is 0.266. The van der Waals surface area contributed by atoms with Crippen LogP contribution in [0.2, 0.25) is 0 Å². The second-order valence-electron chi connectivity index (χ2n) is 6.59. The van der Waals surface area contributed by atoms with E-state index in [4.69, 9.17) is 0 Å². The van der Waals surface area contributed by atoms with Crippen LogP contribution in [-0.4, -0.2) is 37.7 Å². The molecule has 0 unspecified atom stereocenters. The Kier molecular flexibility index (Phi) is 5.32. The van der Waals surface area contributed by atoms with Crippen molar-refractivity contribution in [3.63, 3.8) is 0 Å². The van der Waals surface area contributed by atoms with Gasteiger partial charge < -0.3 is 5.32 Å². The monoisotopic (exact) mass is 403 g/mol. The highest BCUT2D eigenvalue weighted by Crippen LogP contribution is 2.29. The number of benzene rings is 2. The average molecular weight is 404 g/mol. The molecule has 2 aromatic carbocycles. The van der Waals surface area contributed by atoms with E-state index in [1.807, 2.05) is 32.0 Å². The second kappa shape index (κ2) is 7.38. The number of nitrogens with one attached hydrogen (secondary N) is 1. The minimum absolute atomic E-state index is 0.151. The molecule has 0 radical (unpaired) electrons. The van der Waals surface area contributed by atoms with E-state index in [-0.39, 0.29) is 17.2 Å². The minimum Gasteiger partial charge on any atom is -0.302 e. The largest absolute Gasteiger partial charge is 0.302 e. The topological polar surface area (TPSA) is 79.4 Å². The van der Waals surface area contributed by atoms with Gasteiger partial charge in [0.1, 0.15) is 0 Å². The van der Waals surface area contributed by atoms with Crippen molar-refractivity contribution in [1.29, 1.82) is 0 Å². The normalized spacial score (nSPS) is 11.9. The van der Waals surface area contributed by atoms with E-state index < -0.39 is 10.0 Å². The molecule has 0 saturated heterocycles. The lowest BCUT2D eigenvalue weighted by Gasteiger charge is -2.10. The van der Waals surface area contributed by atoms with Crippen LogP contribution in [0.25, 0.3) is 10.2 Å². The van der Waals surface area contributed by atoms with E-state index >= 15 is 0 Å². The van der Waals surface area contributed by atoms with Crippen LogP contribution < -0.4 is 5.32 Å². The SMILES string of the molecule is Cc1ccc(CC(=O)Nc2nc3ccc(S(=O)(=O)N(C)C)cc3s2)c(C)c1. The Morgan fingerprint density at radius 1 is 1.15 bits per heavy atom. The summed E-state index contributed by atoms with van der Waals surface area (Å²) in [6, 6.07) is 10.8. The third-order valence-electron chi connectivity index (χ3n) is 4.23. The molecule has 1 heterocycles. The standard InChI is InChI=1S/C19H21N3O3S2/c1-12-5-6-14(13(2)9-12)10-18(23)21-19-20-16-8-7-15(11-17(16)26-19)27(24,25)22(3)4/h5-9,11H,10H2,1-4H3,(H,20,21,23). The number of fused-ring (bicyclic) bond motifs is 1. The number of amides is 1. The Bertz CT molecular complexity index is 1120. The molecule has 0 bridgehead atoms. The van der Waals surface area contributed by atoms with Gasteiger partial charge in [0, 0.05) is 14.1 Å². The first-order chi connectivity index (χ1) is 12.7. The summed E-state index contributed by atoms with van der Waals surface area (Å²) in [5, 5.41) is 3.27. The molecule has 1 amide bonds. The number of aryl methyl sites for hydroxylation is 2. The number of carbonyl (C=O) groups excluding carboxylic acids is 1. The predicted octanol–water partition coefficient (Wildman–Crippen LogP) is 3.34. The van der Waals surface area contributed by atoms with Gasteiger partial charge in [0.05, 0.1) is 21.5 Å². The van der Waals surface area contributed by atoms with Crippen LogP contribution in [-0.2, 0) is 21.2 Å². The van der Waals surface area contributed by atoms with E-state index in [2.05, 4.69) is 10.3 Å². The summed E-state index contributed by atoms with van der Waals surface area (Å²) < 4.78 is 26.4. The number of hydrogen-bond acceptors (Lipinski definition) is 5. The van der Waals surface area contributed by atoms with E-state index in [9.17, 15) is 13.2 Å². The van der Waals surface area contributed by atoms with Gasteiger partial charge in [-0.1, -0.05) is 35.1 Å². The highest BCUT2D eigenvalue weighted by molar-refractivity contribution is 7.89. The summed E-state index contributed by atoms with van der Waals surface area (Å²) >= 11 is 1.26. The van der Waals surface area contributed by atoms with E-state index in [0.717, 1.165) is 16.7 Å². The molecular formula is C19H21N3O3S2. The molecule has 0 aliphatic rings. The summed E-state index contributed by atoms with van der Waals surface area (Å²) in [7, 11) is -0.524. The number of hydrogen-bond donors (Lipinski definition) is 1. The molecular weight excluding hydrogens is 382 g/mol. The lowest BCUT2D eigenvalue weighted by Crippen LogP contribution is -2.22. The molecule has 1 aromatic heterocycles. The number of aromatic nitrogens is 1. The summed E-state index contributed by atoms with van der Waals surface area (Å²) in [6.45, 7) is 4.00. The molecule has 0 aliphatic carbocycles. The third-order valence-corrected chi connectivity index (χ3v) is 6.98. The van der Waals surface area contributed by atoms with Crippen molar-refractivity contribution >= 4 is 42.6 Å². The quantitative estimate of drug-likeness (QED) is 0.709. The van der Waals surface area contributed by atoms with Crippen molar-refractivity contribution in [2.45, 2.75) is 25.2 Å². The van der Waals surface area contributed by atoms with Crippen LogP contribution in [0, 0.1) is 13.8 Å². The Hall–Kier alpha value is -2.29. The van der Waals surface area contributed by atoms with Crippen molar-refractivity contribution in [3.05, 3.63) is 53.1 Å². The first-order valence-corrected chi connectivity index (χ1v) is 10.6. The Labute approximate surface area is 162 Å². The molecule has 3 rings (SSSR count). The molecule has 0 fully saturated rings. The van der Waals surface area contributed by atoms with E-state index in [1.54, 1.807) is 12.1 Å². The van der Waals surface area contributed by atoms with Gasteiger partial charge in [0.25, 0.3) is 0 Å². The van der Waals surface area contributed by atoms with E-state index in [0.29, 0.717) is 15.3 Å². The van der Waals surface area contributed by atoms with Gasteiger partial charge >= 0.3 is 0 Å². The fraction of sp³-hybridized carbons (Fsp3) is 0.263. The first kappa shape index (κ1) is 19.5. The molecule has 3 aromatic rings. The summed E-state index contributed by atoms with van der Waals surface area (Å²) in [5.74, 6) is -0.151. The van der Waals surface area contributed by atoms with Crippen molar-refractivity contribution in [2.75, 3.05) is 19.4 Å². The number of sulfonamides is 1. The van der Waals surface area contributed by atoms with Gasteiger partial charge in [-0.15, -0.1) is 0 Å². The summed E-state index contributed by atoms with van der Waals surface area (Å²) in [5.41, 5.74) is 3.86. The highest BCUT2D eigenvalue weighted by Gasteiger charge is 2.18. The van der Waals surface area contributed by atoms with E-state index in [1.165, 1.54) is 35.8 Å². The molecule has 0 atom stereocenters. The van der Waals surface area contributed by atoms with Crippen LogP contribution >= 0.6 is 11.3 Å². The number of carbonyl (C=O) groups is 1. The van der Waals surface area contributed by atoms with Crippen molar-refractivity contribution in [1.82, 2.24) is 9.29 Å². The molecule has 0 spiro atoms. The fourth-order valence-corrected chi connectivity index (χ4v) is 4.63. The van der Waals surface area contributed by atoms with Gasteiger partial charge in [0.2, 0.25) is 15.9 Å². The highest BCUT2D eigenvalue weighted by atomic mass is 32.2. The van der Waals surface area contributed by atoms with Gasteiger partial charge in [-0.2, -0.15) is 0 Å². The smallest absolute Gasteiger partial charge is 0.242 e. The van der Waals surface area contributed by atoms with Crippen LogP contribution in [0.5, 0.6) is 0 Å². The average Bonchev–Trinajstić information content (AvgIpc) is 2.98. The number of nitrogens with zero attached hydrogens (tertiary/aromatic N) is 2. The predicted molar refractivity (Wildman–Crippen MR) is 109 cm³/mol. The molecule has 6 nitrogen and oxygen atoms in total. The van der Waals surface area contributed by atoms with Crippen molar-refractivity contribution < 1.29 is 13.2 Å². The molecule has 27 heavy (non-hydrogen) atoms. The van der Waals surface area contributed by atoms with Crippen LogP contribution in [0.1, 0.15) is 16.7 Å². The van der Waals surface area contributed by atoms with Gasteiger partial charge in [0.15, 0.2) is 5.13 Å². The van der Waals surface area contributed by atoms with Crippen molar-refractivity contribution in [2.24, 2.45) is 0 Å². The maximum Gasteiger partial charge on any atom is 0.242 e. The zero-order valence-electron chi connectivity index (χ0n) is 15.6. The van der Waals surface area contributed by atoms with Gasteiger partial charge in [-0.3, -0.25) is 4.79 Å². The van der Waals surface area contributed by atoms with Gasteiger partial charge in [-0.05, 0) is 43.2 Å². The molecule has 142 valence electrons. The lowest BCUT2D eigenvalue weighted by molar-refractivity contribution is -0.115. The zero-order chi connectivity index (χ0) is 19.8. The summed E-state index contributed by atoms with van der Waals surface area (Å²) in [4.78, 5) is 16.9. The Balaban J connectivity index is 1.80. The Morgan fingerprint density at radius 3 is 2.56 bits per heavy atom. The Morgan fingerprint density at radius 2 is 1.89 bits per heavy atom. The van der Waals surface area contributed by atoms with Crippen molar-refractivity contribution in [3.8, 4) is 0 Å². The minimum atomic E-state index is -3.51.